The van der Waals surface area contributed by atoms with Crippen molar-refractivity contribution in [3.05, 3.63) is 35.4 Å². The molecule has 0 unspecified atom stereocenters. The van der Waals surface area contributed by atoms with Crippen LogP contribution in [0.25, 0.3) is 0 Å². The van der Waals surface area contributed by atoms with Crippen LogP contribution in [0.2, 0.25) is 0 Å². The van der Waals surface area contributed by atoms with Gasteiger partial charge < -0.3 is 20.3 Å². The Balaban J connectivity index is 0.00000242. The van der Waals surface area contributed by atoms with Gasteiger partial charge in [-0.25, -0.2) is 0 Å². The molecular weight excluding hydrogens is 306 g/mol. The quantitative estimate of drug-likeness (QED) is 0.854. The maximum absolute atomic E-state index is 12.4. The van der Waals surface area contributed by atoms with Gasteiger partial charge >= 0.3 is 0 Å². The van der Waals surface area contributed by atoms with Crippen molar-refractivity contribution >= 4 is 24.2 Å². The van der Waals surface area contributed by atoms with Crippen LogP contribution in [0.15, 0.2) is 24.3 Å². The van der Waals surface area contributed by atoms with E-state index in [0.29, 0.717) is 38.3 Å². The van der Waals surface area contributed by atoms with E-state index in [1.54, 1.807) is 29.0 Å². The second kappa shape index (κ2) is 8.73. The summed E-state index contributed by atoms with van der Waals surface area (Å²) >= 11 is 0. The minimum absolute atomic E-state index is 0. The number of carbonyl (C=O) groups is 2. The number of halogens is 1. The molecule has 1 aromatic rings. The van der Waals surface area contributed by atoms with Crippen LogP contribution in [-0.4, -0.2) is 61.5 Å². The Bertz CT molecular complexity index is 507. The van der Waals surface area contributed by atoms with Gasteiger partial charge in [0.1, 0.15) is 6.54 Å². The van der Waals surface area contributed by atoms with E-state index in [9.17, 15) is 9.59 Å². The summed E-state index contributed by atoms with van der Waals surface area (Å²) in [6.07, 6.45) is 0. The van der Waals surface area contributed by atoms with Crippen molar-refractivity contribution in [1.82, 2.24) is 9.80 Å². The minimum atomic E-state index is -0.113. The van der Waals surface area contributed by atoms with E-state index in [0.717, 1.165) is 5.56 Å². The minimum Gasteiger partial charge on any atom is -0.383 e. The Hall–Kier alpha value is -1.63. The molecule has 7 heteroatoms. The predicted octanol–water partition coefficient (Wildman–Crippen LogP) is 0.498. The molecule has 22 heavy (non-hydrogen) atoms. The summed E-state index contributed by atoms with van der Waals surface area (Å²) in [5.74, 6) is -0.149. The van der Waals surface area contributed by atoms with Gasteiger partial charge in [0.15, 0.2) is 0 Å². The largest absolute Gasteiger partial charge is 0.383 e. The molecule has 0 bridgehead atoms. The first kappa shape index (κ1) is 18.4. The van der Waals surface area contributed by atoms with E-state index in [1.807, 2.05) is 12.1 Å². The molecule has 2 amide bonds. The smallest absolute Gasteiger partial charge is 0.254 e. The number of carbonyl (C=O) groups excluding carboxylic acids is 2. The molecule has 1 aliphatic rings. The summed E-state index contributed by atoms with van der Waals surface area (Å²) in [5.41, 5.74) is 7.10. The first-order valence-electron chi connectivity index (χ1n) is 7.00. The number of hydrogen-bond acceptors (Lipinski definition) is 4. The monoisotopic (exact) mass is 327 g/mol. The molecule has 2 N–H and O–H groups in total. The van der Waals surface area contributed by atoms with E-state index in [4.69, 9.17) is 10.5 Å². The highest BCUT2D eigenvalue weighted by molar-refractivity contribution is 5.97. The second-order valence-corrected chi connectivity index (χ2v) is 5.00. The molecule has 6 nitrogen and oxygen atoms in total. The van der Waals surface area contributed by atoms with E-state index < -0.39 is 0 Å². The molecule has 2 rings (SSSR count). The zero-order chi connectivity index (χ0) is 15.2. The number of amides is 2. The third-order valence-electron chi connectivity index (χ3n) is 3.61. The fourth-order valence-corrected chi connectivity index (χ4v) is 2.29. The van der Waals surface area contributed by atoms with Crippen LogP contribution < -0.4 is 5.73 Å². The number of nitrogens with two attached hydrogens (primary N) is 1. The lowest BCUT2D eigenvalue weighted by Crippen LogP contribution is -2.52. The average molecular weight is 328 g/mol. The predicted molar refractivity (Wildman–Crippen MR) is 85.9 cm³/mol. The molecule has 122 valence electrons. The Labute approximate surface area is 136 Å². The number of methoxy groups -OCH3 is 1. The summed E-state index contributed by atoms with van der Waals surface area (Å²) in [6, 6.07) is 7.19. The highest BCUT2D eigenvalue weighted by Gasteiger charge is 2.27. The van der Waals surface area contributed by atoms with Gasteiger partial charge in [0, 0.05) is 38.9 Å². The van der Waals surface area contributed by atoms with Gasteiger partial charge in [-0.2, -0.15) is 0 Å². The highest BCUT2D eigenvalue weighted by Crippen LogP contribution is 2.11. The summed E-state index contributed by atoms with van der Waals surface area (Å²) in [6.45, 7) is 2.76. The Morgan fingerprint density at radius 2 is 1.95 bits per heavy atom. The third kappa shape index (κ3) is 4.43. The van der Waals surface area contributed by atoms with Crippen LogP contribution in [0, 0.1) is 0 Å². The van der Waals surface area contributed by atoms with E-state index in [2.05, 4.69) is 0 Å². The SMILES string of the molecule is COCCN1CCN(C(=O)c2ccc(CN)cc2)CC1=O.Cl. The van der Waals surface area contributed by atoms with Gasteiger partial charge in [0.25, 0.3) is 5.91 Å². The summed E-state index contributed by atoms with van der Waals surface area (Å²) < 4.78 is 4.97. The van der Waals surface area contributed by atoms with Gasteiger partial charge in [-0.15, -0.1) is 12.4 Å². The van der Waals surface area contributed by atoms with Crippen LogP contribution >= 0.6 is 12.4 Å². The zero-order valence-electron chi connectivity index (χ0n) is 12.7. The molecule has 0 spiro atoms. The summed E-state index contributed by atoms with van der Waals surface area (Å²) in [4.78, 5) is 27.7. The molecule has 0 aromatic heterocycles. The second-order valence-electron chi connectivity index (χ2n) is 5.00. The number of ether oxygens (including phenoxy) is 1. The number of benzene rings is 1. The Morgan fingerprint density at radius 1 is 1.27 bits per heavy atom. The average Bonchev–Trinajstić information content (AvgIpc) is 2.53. The van der Waals surface area contributed by atoms with Crippen molar-refractivity contribution in [2.45, 2.75) is 6.54 Å². The number of piperazine rings is 1. The van der Waals surface area contributed by atoms with Crippen molar-refractivity contribution < 1.29 is 14.3 Å². The van der Waals surface area contributed by atoms with Crippen molar-refractivity contribution in [3.8, 4) is 0 Å². The first-order valence-corrected chi connectivity index (χ1v) is 7.00. The van der Waals surface area contributed by atoms with Crippen molar-refractivity contribution in [1.29, 1.82) is 0 Å². The van der Waals surface area contributed by atoms with Crippen LogP contribution in [0.1, 0.15) is 15.9 Å². The topological polar surface area (TPSA) is 75.9 Å². The molecule has 0 atom stereocenters. The molecule has 0 aliphatic carbocycles. The Morgan fingerprint density at radius 3 is 2.50 bits per heavy atom. The fourth-order valence-electron chi connectivity index (χ4n) is 2.29. The van der Waals surface area contributed by atoms with Crippen LogP contribution in [-0.2, 0) is 16.1 Å². The van der Waals surface area contributed by atoms with Crippen LogP contribution in [0.4, 0.5) is 0 Å². The molecule has 0 saturated carbocycles. The number of rotatable bonds is 5. The Kier molecular flexibility index (Phi) is 7.31. The van der Waals surface area contributed by atoms with Crippen molar-refractivity contribution in [2.75, 3.05) is 39.9 Å². The number of nitrogens with zero attached hydrogens (tertiary/aromatic N) is 2. The van der Waals surface area contributed by atoms with Gasteiger partial charge in [-0.1, -0.05) is 12.1 Å². The first-order chi connectivity index (χ1) is 10.2. The lowest BCUT2D eigenvalue weighted by molar-refractivity contribution is -0.135. The molecule has 1 aliphatic heterocycles. The van der Waals surface area contributed by atoms with Gasteiger partial charge in [0.2, 0.25) is 5.91 Å². The molecular formula is C15H22ClN3O3. The standard InChI is InChI=1S/C15H21N3O3.ClH/c1-21-9-8-17-6-7-18(11-14(17)19)15(20)13-4-2-12(10-16)3-5-13;/h2-5H,6-11,16H2,1H3;1H. The molecule has 1 fully saturated rings. The molecule has 1 saturated heterocycles. The molecule has 1 aromatic carbocycles. The van der Waals surface area contributed by atoms with Crippen molar-refractivity contribution in [3.63, 3.8) is 0 Å². The van der Waals surface area contributed by atoms with Gasteiger partial charge in [-0.3, -0.25) is 9.59 Å². The van der Waals surface area contributed by atoms with Gasteiger partial charge in [-0.05, 0) is 17.7 Å². The van der Waals surface area contributed by atoms with E-state index in [-0.39, 0.29) is 30.8 Å². The van der Waals surface area contributed by atoms with Gasteiger partial charge in [0.05, 0.1) is 6.61 Å². The third-order valence-corrected chi connectivity index (χ3v) is 3.61. The maximum atomic E-state index is 12.4. The normalized spacial score (nSPS) is 14.7. The lowest BCUT2D eigenvalue weighted by atomic mass is 10.1. The molecule has 1 heterocycles. The van der Waals surface area contributed by atoms with E-state index in [1.165, 1.54) is 0 Å². The molecule has 0 radical (unpaired) electrons. The highest BCUT2D eigenvalue weighted by atomic mass is 35.5. The number of hydrogen-bond donors (Lipinski definition) is 1. The lowest BCUT2D eigenvalue weighted by Gasteiger charge is -2.34. The zero-order valence-corrected chi connectivity index (χ0v) is 13.5. The van der Waals surface area contributed by atoms with Crippen molar-refractivity contribution in [2.24, 2.45) is 5.73 Å². The van der Waals surface area contributed by atoms with E-state index >= 15 is 0 Å². The van der Waals surface area contributed by atoms with Crippen LogP contribution in [0.5, 0.6) is 0 Å². The summed E-state index contributed by atoms with van der Waals surface area (Å²) in [7, 11) is 1.61. The van der Waals surface area contributed by atoms with Crippen LogP contribution in [0.3, 0.4) is 0 Å². The maximum Gasteiger partial charge on any atom is 0.254 e. The summed E-state index contributed by atoms with van der Waals surface area (Å²) in [5, 5.41) is 0. The fraction of sp³-hybridized carbons (Fsp3) is 0.467.